The first kappa shape index (κ1) is 22.9. The molecule has 162 valence electrons. The number of piperazine rings is 1. The SMILES string of the molecule is CCNC(=NCC(CC)Oc1cccc(F)c1)NCCN1CCN(C(C)=O)CC1. The second-order valence-electron chi connectivity index (χ2n) is 7.10. The Morgan fingerprint density at radius 2 is 2.00 bits per heavy atom. The number of ether oxygens (including phenoxy) is 1. The molecular formula is C21H34FN5O2. The van der Waals surface area contributed by atoms with Crippen LogP contribution in [0.15, 0.2) is 29.3 Å². The van der Waals surface area contributed by atoms with Crippen LogP contribution in [0.2, 0.25) is 0 Å². The monoisotopic (exact) mass is 407 g/mol. The Kier molecular flexibility index (Phi) is 9.70. The van der Waals surface area contributed by atoms with Crippen molar-refractivity contribution in [3.8, 4) is 5.75 Å². The van der Waals surface area contributed by atoms with Gasteiger partial charge in [-0.2, -0.15) is 0 Å². The van der Waals surface area contributed by atoms with Gasteiger partial charge in [-0.05, 0) is 25.5 Å². The Morgan fingerprint density at radius 3 is 2.62 bits per heavy atom. The van der Waals surface area contributed by atoms with Crippen molar-refractivity contribution in [2.45, 2.75) is 33.3 Å². The number of carbonyl (C=O) groups excluding carboxylic acids is 1. The van der Waals surface area contributed by atoms with Crippen molar-refractivity contribution in [1.82, 2.24) is 20.4 Å². The minimum atomic E-state index is -0.306. The number of aliphatic imine (C=N–C) groups is 1. The molecule has 1 saturated heterocycles. The lowest BCUT2D eigenvalue weighted by atomic mass is 10.2. The van der Waals surface area contributed by atoms with Crippen LogP contribution >= 0.6 is 0 Å². The number of halogens is 1. The van der Waals surface area contributed by atoms with Crippen LogP contribution in [0.4, 0.5) is 4.39 Å². The number of nitrogens with zero attached hydrogens (tertiary/aromatic N) is 3. The van der Waals surface area contributed by atoms with E-state index in [-0.39, 0.29) is 17.8 Å². The first-order valence-corrected chi connectivity index (χ1v) is 10.4. The van der Waals surface area contributed by atoms with Crippen LogP contribution in [-0.2, 0) is 4.79 Å². The summed E-state index contributed by atoms with van der Waals surface area (Å²) in [4.78, 5) is 20.3. The highest BCUT2D eigenvalue weighted by Gasteiger charge is 2.18. The largest absolute Gasteiger partial charge is 0.488 e. The first-order chi connectivity index (χ1) is 14.0. The van der Waals surface area contributed by atoms with Gasteiger partial charge in [0.05, 0.1) is 6.54 Å². The normalized spacial score (nSPS) is 16.4. The van der Waals surface area contributed by atoms with E-state index in [1.807, 2.05) is 18.7 Å². The van der Waals surface area contributed by atoms with Crippen molar-refractivity contribution < 1.29 is 13.9 Å². The van der Waals surface area contributed by atoms with Crippen molar-refractivity contribution in [2.24, 2.45) is 4.99 Å². The summed E-state index contributed by atoms with van der Waals surface area (Å²) in [7, 11) is 0. The molecule has 2 rings (SSSR count). The molecule has 0 aliphatic carbocycles. The Labute approximate surface area is 173 Å². The summed E-state index contributed by atoms with van der Waals surface area (Å²) in [6.45, 7) is 12.0. The van der Waals surface area contributed by atoms with Gasteiger partial charge in [-0.25, -0.2) is 9.38 Å². The molecule has 1 heterocycles. The predicted molar refractivity (Wildman–Crippen MR) is 114 cm³/mol. The number of carbonyl (C=O) groups is 1. The molecule has 0 radical (unpaired) electrons. The first-order valence-electron chi connectivity index (χ1n) is 10.4. The number of guanidine groups is 1. The molecule has 0 spiro atoms. The highest BCUT2D eigenvalue weighted by molar-refractivity contribution is 5.79. The lowest BCUT2D eigenvalue weighted by Gasteiger charge is -2.34. The fourth-order valence-electron chi connectivity index (χ4n) is 3.14. The molecule has 0 saturated carbocycles. The van der Waals surface area contributed by atoms with E-state index in [1.54, 1.807) is 19.1 Å². The van der Waals surface area contributed by atoms with Crippen LogP contribution in [0.25, 0.3) is 0 Å². The van der Waals surface area contributed by atoms with Gasteiger partial charge in [-0.1, -0.05) is 13.0 Å². The molecule has 1 amide bonds. The molecule has 1 aliphatic rings. The molecule has 0 aromatic heterocycles. The number of nitrogens with one attached hydrogen (secondary N) is 2. The molecule has 1 aromatic rings. The molecule has 1 unspecified atom stereocenters. The molecule has 29 heavy (non-hydrogen) atoms. The average molecular weight is 408 g/mol. The van der Waals surface area contributed by atoms with Crippen molar-refractivity contribution in [3.05, 3.63) is 30.1 Å². The molecule has 1 atom stereocenters. The molecule has 1 aromatic carbocycles. The van der Waals surface area contributed by atoms with E-state index in [0.717, 1.165) is 58.2 Å². The fraction of sp³-hybridized carbons (Fsp3) is 0.619. The third-order valence-corrected chi connectivity index (χ3v) is 4.89. The van der Waals surface area contributed by atoms with Gasteiger partial charge in [0.1, 0.15) is 17.7 Å². The molecule has 1 aliphatic heterocycles. The van der Waals surface area contributed by atoms with Gasteiger partial charge in [0.2, 0.25) is 5.91 Å². The third-order valence-electron chi connectivity index (χ3n) is 4.89. The Balaban J connectivity index is 1.78. The van der Waals surface area contributed by atoms with E-state index >= 15 is 0 Å². The van der Waals surface area contributed by atoms with Gasteiger partial charge in [0, 0.05) is 58.8 Å². The quantitative estimate of drug-likeness (QED) is 0.482. The summed E-state index contributed by atoms with van der Waals surface area (Å²) in [6.07, 6.45) is 0.659. The maximum Gasteiger partial charge on any atom is 0.219 e. The number of benzene rings is 1. The maximum absolute atomic E-state index is 13.3. The van der Waals surface area contributed by atoms with E-state index in [4.69, 9.17) is 4.74 Å². The van der Waals surface area contributed by atoms with Gasteiger partial charge in [0.25, 0.3) is 0 Å². The zero-order chi connectivity index (χ0) is 21.1. The van der Waals surface area contributed by atoms with Crippen LogP contribution in [-0.4, -0.2) is 80.1 Å². The lowest BCUT2D eigenvalue weighted by Crippen LogP contribution is -2.50. The molecule has 8 heteroatoms. The second-order valence-corrected chi connectivity index (χ2v) is 7.10. The Bertz CT molecular complexity index is 662. The predicted octanol–water partition coefficient (Wildman–Crippen LogP) is 1.70. The van der Waals surface area contributed by atoms with Gasteiger partial charge in [-0.3, -0.25) is 9.69 Å². The Morgan fingerprint density at radius 1 is 1.24 bits per heavy atom. The number of hydrogen-bond donors (Lipinski definition) is 2. The summed E-state index contributed by atoms with van der Waals surface area (Å²) >= 11 is 0. The topological polar surface area (TPSA) is 69.2 Å². The van der Waals surface area contributed by atoms with Crippen LogP contribution in [0, 0.1) is 5.82 Å². The number of amides is 1. The molecule has 2 N–H and O–H groups in total. The standard InChI is InChI=1S/C21H34FN5O2/c1-4-19(29-20-8-6-7-18(22)15-20)16-25-21(23-5-2)24-9-10-26-11-13-27(14-12-26)17(3)28/h6-8,15,19H,4-5,9-14,16H2,1-3H3,(H2,23,24,25). The van der Waals surface area contributed by atoms with E-state index < -0.39 is 0 Å². The number of rotatable bonds is 9. The zero-order valence-corrected chi connectivity index (χ0v) is 17.8. The highest BCUT2D eigenvalue weighted by Crippen LogP contribution is 2.15. The van der Waals surface area contributed by atoms with Crippen LogP contribution in [0.3, 0.4) is 0 Å². The maximum atomic E-state index is 13.3. The van der Waals surface area contributed by atoms with E-state index in [1.165, 1.54) is 12.1 Å². The highest BCUT2D eigenvalue weighted by atomic mass is 19.1. The molecular weight excluding hydrogens is 373 g/mol. The fourth-order valence-corrected chi connectivity index (χ4v) is 3.14. The van der Waals surface area contributed by atoms with Crippen molar-refractivity contribution in [2.75, 3.05) is 52.4 Å². The van der Waals surface area contributed by atoms with Crippen LogP contribution in [0.1, 0.15) is 27.2 Å². The third kappa shape index (κ3) is 8.27. The summed E-state index contributed by atoms with van der Waals surface area (Å²) < 4.78 is 19.2. The van der Waals surface area contributed by atoms with E-state index in [2.05, 4.69) is 20.5 Å². The van der Waals surface area contributed by atoms with Crippen molar-refractivity contribution in [1.29, 1.82) is 0 Å². The van der Waals surface area contributed by atoms with Gasteiger partial charge in [0.15, 0.2) is 5.96 Å². The molecule has 0 bridgehead atoms. The summed E-state index contributed by atoms with van der Waals surface area (Å²) in [6, 6.07) is 6.19. The average Bonchev–Trinajstić information content (AvgIpc) is 2.71. The Hall–Kier alpha value is -2.35. The summed E-state index contributed by atoms with van der Waals surface area (Å²) in [5.74, 6) is 1.11. The van der Waals surface area contributed by atoms with Crippen molar-refractivity contribution in [3.63, 3.8) is 0 Å². The van der Waals surface area contributed by atoms with Crippen LogP contribution < -0.4 is 15.4 Å². The smallest absolute Gasteiger partial charge is 0.219 e. The van der Waals surface area contributed by atoms with Crippen molar-refractivity contribution >= 4 is 11.9 Å². The lowest BCUT2D eigenvalue weighted by molar-refractivity contribution is -0.130. The summed E-state index contributed by atoms with van der Waals surface area (Å²) in [5, 5.41) is 6.60. The van der Waals surface area contributed by atoms with Gasteiger partial charge >= 0.3 is 0 Å². The molecule has 1 fully saturated rings. The van der Waals surface area contributed by atoms with E-state index in [0.29, 0.717) is 12.3 Å². The van der Waals surface area contributed by atoms with E-state index in [9.17, 15) is 9.18 Å². The van der Waals surface area contributed by atoms with Crippen LogP contribution in [0.5, 0.6) is 5.75 Å². The van der Waals surface area contributed by atoms with Gasteiger partial charge < -0.3 is 20.3 Å². The zero-order valence-electron chi connectivity index (χ0n) is 17.8. The minimum Gasteiger partial charge on any atom is -0.488 e. The molecule has 7 nitrogen and oxygen atoms in total. The number of hydrogen-bond acceptors (Lipinski definition) is 4. The second kappa shape index (κ2) is 12.3. The van der Waals surface area contributed by atoms with Gasteiger partial charge in [-0.15, -0.1) is 0 Å². The summed E-state index contributed by atoms with van der Waals surface area (Å²) in [5.41, 5.74) is 0. The minimum absolute atomic E-state index is 0.119.